The zero-order valence-electron chi connectivity index (χ0n) is 13.2. The molecule has 0 heterocycles. The number of carbonyl (C=O) groups is 1. The van der Waals surface area contributed by atoms with Gasteiger partial charge < -0.3 is 15.4 Å². The van der Waals surface area contributed by atoms with Gasteiger partial charge in [-0.25, -0.2) is 8.78 Å². The standard InChI is InChI=1S/C16H15F2N3O4/c1-19-16(22)12-8-10(21(23)24)2-5-15(12)20-6-7-25-11-3-4-13(17)14(18)9-11/h2-5,8-9,20H,6-7H2,1H3,(H,19,22). The van der Waals surface area contributed by atoms with Gasteiger partial charge in [0.2, 0.25) is 0 Å². The van der Waals surface area contributed by atoms with Gasteiger partial charge in [-0.3, -0.25) is 14.9 Å². The van der Waals surface area contributed by atoms with Crippen LogP contribution in [0, 0.1) is 21.7 Å². The lowest BCUT2D eigenvalue weighted by molar-refractivity contribution is -0.384. The third-order valence-corrected chi connectivity index (χ3v) is 3.26. The minimum atomic E-state index is -1.01. The quantitative estimate of drug-likeness (QED) is 0.454. The van der Waals surface area contributed by atoms with Crippen LogP contribution in [0.2, 0.25) is 0 Å². The number of hydrogen-bond donors (Lipinski definition) is 2. The third-order valence-electron chi connectivity index (χ3n) is 3.26. The SMILES string of the molecule is CNC(=O)c1cc([N+](=O)[O-])ccc1NCCOc1ccc(F)c(F)c1. The van der Waals surface area contributed by atoms with Crippen LogP contribution in [-0.2, 0) is 0 Å². The highest BCUT2D eigenvalue weighted by Crippen LogP contribution is 2.22. The van der Waals surface area contributed by atoms with E-state index in [1.54, 1.807) is 0 Å². The molecule has 0 unspecified atom stereocenters. The topological polar surface area (TPSA) is 93.5 Å². The first kappa shape index (κ1) is 18.1. The second kappa shape index (κ2) is 8.04. The molecule has 2 aromatic carbocycles. The number of rotatable bonds is 7. The molecule has 2 N–H and O–H groups in total. The second-order valence-corrected chi connectivity index (χ2v) is 4.92. The predicted molar refractivity (Wildman–Crippen MR) is 86.8 cm³/mol. The molecule has 0 fully saturated rings. The Morgan fingerprint density at radius 1 is 1.20 bits per heavy atom. The lowest BCUT2D eigenvalue weighted by Gasteiger charge is -2.12. The molecule has 132 valence electrons. The zero-order valence-corrected chi connectivity index (χ0v) is 13.2. The van der Waals surface area contributed by atoms with Crippen molar-refractivity contribution in [3.05, 3.63) is 63.7 Å². The van der Waals surface area contributed by atoms with Gasteiger partial charge in [0.15, 0.2) is 11.6 Å². The van der Waals surface area contributed by atoms with E-state index in [1.165, 1.54) is 25.2 Å². The Hall–Kier alpha value is -3.23. The molecule has 0 bridgehead atoms. The first-order valence-corrected chi connectivity index (χ1v) is 7.24. The van der Waals surface area contributed by atoms with Gasteiger partial charge in [-0.15, -0.1) is 0 Å². The van der Waals surface area contributed by atoms with Crippen LogP contribution in [0.4, 0.5) is 20.2 Å². The maximum atomic E-state index is 13.1. The van der Waals surface area contributed by atoms with Crippen LogP contribution >= 0.6 is 0 Å². The number of anilines is 1. The Bertz CT molecular complexity index is 799. The van der Waals surface area contributed by atoms with E-state index in [1.807, 2.05) is 0 Å². The number of non-ortho nitro benzene ring substituents is 1. The van der Waals surface area contributed by atoms with Crippen LogP contribution in [0.1, 0.15) is 10.4 Å². The average molecular weight is 351 g/mol. The molecule has 2 aromatic rings. The van der Waals surface area contributed by atoms with Crippen molar-refractivity contribution in [1.29, 1.82) is 0 Å². The summed E-state index contributed by atoms with van der Waals surface area (Å²) in [5, 5.41) is 16.1. The number of nitro groups is 1. The van der Waals surface area contributed by atoms with Gasteiger partial charge >= 0.3 is 0 Å². The van der Waals surface area contributed by atoms with Crippen molar-refractivity contribution < 1.29 is 23.2 Å². The van der Waals surface area contributed by atoms with Crippen LogP contribution in [0.5, 0.6) is 5.75 Å². The maximum absolute atomic E-state index is 13.1. The molecule has 0 aliphatic heterocycles. The minimum Gasteiger partial charge on any atom is -0.492 e. The largest absolute Gasteiger partial charge is 0.492 e. The maximum Gasteiger partial charge on any atom is 0.270 e. The normalized spacial score (nSPS) is 10.2. The average Bonchev–Trinajstić information content (AvgIpc) is 2.60. The lowest BCUT2D eigenvalue weighted by Crippen LogP contribution is -2.21. The van der Waals surface area contributed by atoms with Crippen molar-refractivity contribution in [2.24, 2.45) is 0 Å². The molecular formula is C16H15F2N3O4. The van der Waals surface area contributed by atoms with Crippen LogP contribution < -0.4 is 15.4 Å². The summed E-state index contributed by atoms with van der Waals surface area (Å²) in [6, 6.07) is 7.03. The molecule has 0 aliphatic carbocycles. The van der Waals surface area contributed by atoms with Gasteiger partial charge in [-0.2, -0.15) is 0 Å². The Labute approximate surface area is 141 Å². The van der Waals surface area contributed by atoms with Crippen molar-refractivity contribution in [2.75, 3.05) is 25.5 Å². The lowest BCUT2D eigenvalue weighted by atomic mass is 10.1. The van der Waals surface area contributed by atoms with E-state index in [-0.39, 0.29) is 30.2 Å². The molecule has 2 rings (SSSR count). The van der Waals surface area contributed by atoms with E-state index in [4.69, 9.17) is 4.74 Å². The summed E-state index contributed by atoms with van der Waals surface area (Å²) in [4.78, 5) is 22.1. The Morgan fingerprint density at radius 3 is 2.60 bits per heavy atom. The fraction of sp³-hybridized carbons (Fsp3) is 0.188. The number of amides is 1. The molecule has 0 radical (unpaired) electrons. The highest BCUT2D eigenvalue weighted by atomic mass is 19.2. The number of nitrogens with one attached hydrogen (secondary N) is 2. The van der Waals surface area contributed by atoms with Gasteiger partial charge in [0.25, 0.3) is 11.6 Å². The Balaban J connectivity index is 2.00. The highest BCUT2D eigenvalue weighted by molar-refractivity contribution is 6.00. The van der Waals surface area contributed by atoms with Crippen LogP contribution in [-0.4, -0.2) is 31.0 Å². The van der Waals surface area contributed by atoms with Gasteiger partial charge in [-0.1, -0.05) is 0 Å². The van der Waals surface area contributed by atoms with E-state index >= 15 is 0 Å². The predicted octanol–water partition coefficient (Wildman–Crippen LogP) is 2.72. The first-order chi connectivity index (χ1) is 11.9. The fourth-order valence-corrected chi connectivity index (χ4v) is 2.04. The second-order valence-electron chi connectivity index (χ2n) is 4.92. The van der Waals surface area contributed by atoms with E-state index in [0.29, 0.717) is 5.69 Å². The van der Waals surface area contributed by atoms with Crippen LogP contribution in [0.15, 0.2) is 36.4 Å². The number of nitrogens with zero attached hydrogens (tertiary/aromatic N) is 1. The van der Waals surface area contributed by atoms with Gasteiger partial charge in [0, 0.05) is 37.5 Å². The molecule has 0 atom stereocenters. The summed E-state index contributed by atoms with van der Waals surface area (Å²) in [6.45, 7) is 0.343. The molecule has 0 spiro atoms. The van der Waals surface area contributed by atoms with Crippen molar-refractivity contribution in [3.8, 4) is 5.75 Å². The van der Waals surface area contributed by atoms with E-state index in [2.05, 4.69) is 10.6 Å². The number of benzene rings is 2. The molecule has 0 saturated heterocycles. The minimum absolute atomic E-state index is 0.106. The van der Waals surface area contributed by atoms with Gasteiger partial charge in [-0.05, 0) is 18.2 Å². The number of nitro benzene ring substituents is 1. The summed E-state index contributed by atoms with van der Waals surface area (Å²) in [7, 11) is 1.41. The Kier molecular flexibility index (Phi) is 5.83. The number of halogens is 2. The smallest absolute Gasteiger partial charge is 0.270 e. The summed E-state index contributed by atoms with van der Waals surface area (Å²) < 4.78 is 31.2. The molecule has 1 amide bonds. The number of carbonyl (C=O) groups excluding carboxylic acids is 1. The third kappa shape index (κ3) is 4.63. The summed E-state index contributed by atoms with van der Waals surface area (Å²) >= 11 is 0. The van der Waals surface area contributed by atoms with Crippen LogP contribution in [0.25, 0.3) is 0 Å². The molecule has 9 heteroatoms. The van der Waals surface area contributed by atoms with Crippen molar-refractivity contribution in [3.63, 3.8) is 0 Å². The molecule has 0 aromatic heterocycles. The van der Waals surface area contributed by atoms with Crippen molar-refractivity contribution in [1.82, 2.24) is 5.32 Å². The number of hydrogen-bond acceptors (Lipinski definition) is 5. The van der Waals surface area contributed by atoms with E-state index in [0.717, 1.165) is 18.2 Å². The summed E-state index contributed by atoms with van der Waals surface area (Å²) in [6.07, 6.45) is 0. The molecule has 0 aliphatic rings. The first-order valence-electron chi connectivity index (χ1n) is 7.24. The summed E-state index contributed by atoms with van der Waals surface area (Å²) in [5.74, 6) is -2.29. The van der Waals surface area contributed by atoms with Gasteiger partial charge in [0.1, 0.15) is 12.4 Å². The Morgan fingerprint density at radius 2 is 1.96 bits per heavy atom. The number of ether oxygens (including phenoxy) is 1. The van der Waals surface area contributed by atoms with E-state index in [9.17, 15) is 23.7 Å². The van der Waals surface area contributed by atoms with E-state index < -0.39 is 22.5 Å². The monoisotopic (exact) mass is 351 g/mol. The highest BCUT2D eigenvalue weighted by Gasteiger charge is 2.15. The molecule has 25 heavy (non-hydrogen) atoms. The van der Waals surface area contributed by atoms with Gasteiger partial charge in [0.05, 0.1) is 10.5 Å². The zero-order chi connectivity index (χ0) is 18.4. The fourth-order valence-electron chi connectivity index (χ4n) is 2.04. The molecular weight excluding hydrogens is 336 g/mol. The van der Waals surface area contributed by atoms with Crippen molar-refractivity contribution in [2.45, 2.75) is 0 Å². The molecule has 7 nitrogen and oxygen atoms in total. The molecule has 0 saturated carbocycles. The summed E-state index contributed by atoms with van der Waals surface area (Å²) in [5.41, 5.74) is 0.297. The van der Waals surface area contributed by atoms with Crippen molar-refractivity contribution >= 4 is 17.3 Å². The van der Waals surface area contributed by atoms with Crippen LogP contribution in [0.3, 0.4) is 0 Å².